The number of carbonyl (C=O) groups is 2. The Hall–Kier alpha value is -2.58. The Morgan fingerprint density at radius 1 is 0.919 bits per heavy atom. The summed E-state index contributed by atoms with van der Waals surface area (Å²) < 4.78 is 1.70. The van der Waals surface area contributed by atoms with Gasteiger partial charge in [-0.1, -0.05) is 53.4 Å². The van der Waals surface area contributed by atoms with E-state index in [1.54, 1.807) is 27.8 Å². The Morgan fingerprint density at radius 3 is 2.16 bits per heavy atom. The van der Waals surface area contributed by atoms with Crippen molar-refractivity contribution >= 4 is 46.6 Å². The fourth-order valence-electron chi connectivity index (χ4n) is 4.47. The van der Waals surface area contributed by atoms with Gasteiger partial charge < -0.3 is 4.90 Å². The van der Waals surface area contributed by atoms with E-state index in [1.165, 1.54) is 6.42 Å². The summed E-state index contributed by atoms with van der Waals surface area (Å²) in [5.41, 5.74) is 6.42. The standard InChI is InChI=1S/C22H21Cl3N4O.C5H9NO/c1-14-20(22(30)27-28-11-3-2-4-12-28)26-29(19-10-9-17(24)13-18(19)25)21(14)15-5-7-16(23)8-6-15;1-6-4-2-3-5(6)7/h5-10,13H,2-4,11-12H2,1H3,(H,27,30);2-4H2,1H3. The van der Waals surface area contributed by atoms with Crippen LogP contribution in [0.25, 0.3) is 16.9 Å². The smallest absolute Gasteiger partial charge is 0.286 e. The fraction of sp³-hybridized carbons (Fsp3) is 0.370. The van der Waals surface area contributed by atoms with Crippen LogP contribution in [0, 0.1) is 6.92 Å². The maximum absolute atomic E-state index is 13.1. The molecule has 0 spiro atoms. The van der Waals surface area contributed by atoms with Crippen LogP contribution in [0.5, 0.6) is 0 Å². The van der Waals surface area contributed by atoms with Crippen LogP contribution in [0.1, 0.15) is 48.2 Å². The van der Waals surface area contributed by atoms with E-state index in [-0.39, 0.29) is 5.91 Å². The van der Waals surface area contributed by atoms with Crippen LogP contribution >= 0.6 is 34.8 Å². The summed E-state index contributed by atoms with van der Waals surface area (Å²) >= 11 is 18.6. The summed E-state index contributed by atoms with van der Waals surface area (Å²) in [6.45, 7) is 4.54. The van der Waals surface area contributed by atoms with Crippen LogP contribution in [0.4, 0.5) is 0 Å². The molecule has 196 valence electrons. The van der Waals surface area contributed by atoms with Crippen molar-refractivity contribution < 1.29 is 9.59 Å². The molecule has 2 aliphatic heterocycles. The van der Waals surface area contributed by atoms with Gasteiger partial charge in [-0.25, -0.2) is 9.69 Å². The number of benzene rings is 2. The van der Waals surface area contributed by atoms with Crippen LogP contribution in [0.3, 0.4) is 0 Å². The van der Waals surface area contributed by atoms with E-state index in [0.717, 1.165) is 62.1 Å². The highest BCUT2D eigenvalue weighted by atomic mass is 35.5. The minimum absolute atomic E-state index is 0.228. The lowest BCUT2D eigenvalue weighted by atomic mass is 10.1. The maximum Gasteiger partial charge on any atom is 0.286 e. The molecule has 0 unspecified atom stereocenters. The Morgan fingerprint density at radius 2 is 1.59 bits per heavy atom. The van der Waals surface area contributed by atoms with Gasteiger partial charge in [0.1, 0.15) is 0 Å². The summed E-state index contributed by atoms with van der Waals surface area (Å²) in [6.07, 6.45) is 5.15. The van der Waals surface area contributed by atoms with Gasteiger partial charge in [-0.15, -0.1) is 0 Å². The SMILES string of the molecule is CN1CCCC1=O.Cc1c(C(=O)NN2CCCCC2)nn(-c2ccc(Cl)cc2Cl)c1-c1ccc(Cl)cc1. The molecule has 1 aromatic heterocycles. The zero-order chi connectivity index (χ0) is 26.5. The van der Waals surface area contributed by atoms with Gasteiger partial charge >= 0.3 is 0 Å². The molecule has 0 saturated carbocycles. The average molecular weight is 563 g/mol. The van der Waals surface area contributed by atoms with E-state index in [4.69, 9.17) is 34.8 Å². The highest BCUT2D eigenvalue weighted by Crippen LogP contribution is 2.33. The van der Waals surface area contributed by atoms with Crippen molar-refractivity contribution in [2.24, 2.45) is 0 Å². The highest BCUT2D eigenvalue weighted by molar-refractivity contribution is 6.35. The molecule has 2 aliphatic rings. The summed E-state index contributed by atoms with van der Waals surface area (Å²) in [5, 5.41) is 8.22. The summed E-state index contributed by atoms with van der Waals surface area (Å²) in [7, 11) is 1.84. The van der Waals surface area contributed by atoms with Crippen molar-refractivity contribution in [1.82, 2.24) is 25.1 Å². The molecule has 2 saturated heterocycles. The van der Waals surface area contributed by atoms with Crippen LogP contribution in [-0.4, -0.2) is 58.2 Å². The number of aromatic nitrogens is 2. The normalized spacial score (nSPS) is 15.9. The molecule has 5 rings (SSSR count). The van der Waals surface area contributed by atoms with E-state index in [9.17, 15) is 9.59 Å². The molecular formula is C27H30Cl3N5O2. The monoisotopic (exact) mass is 561 g/mol. The predicted molar refractivity (Wildman–Crippen MR) is 149 cm³/mol. The number of amides is 2. The molecule has 3 heterocycles. The number of halogens is 3. The van der Waals surface area contributed by atoms with Gasteiger partial charge in [-0.2, -0.15) is 5.10 Å². The number of piperidine rings is 1. The molecule has 1 N–H and O–H groups in total. The van der Waals surface area contributed by atoms with Crippen LogP contribution in [0.2, 0.25) is 15.1 Å². The number of hydrazine groups is 1. The lowest BCUT2D eigenvalue weighted by Crippen LogP contribution is -2.45. The largest absolute Gasteiger partial charge is 0.346 e. The van der Waals surface area contributed by atoms with Crippen molar-refractivity contribution in [3.05, 3.63) is 68.8 Å². The average Bonchev–Trinajstić information content (AvgIpc) is 3.42. The first-order valence-corrected chi connectivity index (χ1v) is 13.5. The minimum Gasteiger partial charge on any atom is -0.346 e. The fourth-order valence-corrected chi connectivity index (χ4v) is 5.09. The van der Waals surface area contributed by atoms with Crippen molar-refractivity contribution in [1.29, 1.82) is 0 Å². The lowest BCUT2D eigenvalue weighted by molar-refractivity contribution is -0.126. The third kappa shape index (κ3) is 6.65. The summed E-state index contributed by atoms with van der Waals surface area (Å²) in [5.74, 6) is 0.0634. The van der Waals surface area contributed by atoms with E-state index in [2.05, 4.69) is 10.5 Å². The Balaban J connectivity index is 0.000000396. The molecule has 0 aliphatic carbocycles. The zero-order valence-corrected chi connectivity index (χ0v) is 23.2. The summed E-state index contributed by atoms with van der Waals surface area (Å²) in [6, 6.07) is 12.6. The third-order valence-corrected chi connectivity index (χ3v) is 7.31. The van der Waals surface area contributed by atoms with Crippen LogP contribution in [-0.2, 0) is 4.79 Å². The molecule has 3 aromatic rings. The second-order valence-corrected chi connectivity index (χ2v) is 10.5. The van der Waals surface area contributed by atoms with Crippen LogP contribution < -0.4 is 5.43 Å². The van der Waals surface area contributed by atoms with E-state index in [1.807, 2.05) is 43.2 Å². The number of likely N-dealkylation sites (tertiary alicyclic amines) is 1. The molecule has 0 atom stereocenters. The van der Waals surface area contributed by atoms with Crippen LogP contribution in [0.15, 0.2) is 42.5 Å². The van der Waals surface area contributed by atoms with Gasteiger partial charge in [0.2, 0.25) is 5.91 Å². The van der Waals surface area contributed by atoms with E-state index < -0.39 is 0 Å². The van der Waals surface area contributed by atoms with E-state index in [0.29, 0.717) is 32.4 Å². The molecular weight excluding hydrogens is 533 g/mol. The van der Waals surface area contributed by atoms with E-state index >= 15 is 0 Å². The van der Waals surface area contributed by atoms with Gasteiger partial charge in [0, 0.05) is 54.3 Å². The van der Waals surface area contributed by atoms with Gasteiger partial charge in [-0.05, 0) is 56.5 Å². The molecule has 0 bridgehead atoms. The van der Waals surface area contributed by atoms with Crippen molar-refractivity contribution in [2.45, 2.75) is 39.0 Å². The highest BCUT2D eigenvalue weighted by Gasteiger charge is 2.25. The molecule has 2 fully saturated rings. The number of hydrogen-bond donors (Lipinski definition) is 1. The Bertz CT molecular complexity index is 1270. The topological polar surface area (TPSA) is 70.5 Å². The number of carbonyl (C=O) groups excluding carboxylic acids is 2. The number of hydrogen-bond acceptors (Lipinski definition) is 4. The molecule has 10 heteroatoms. The van der Waals surface area contributed by atoms with Gasteiger partial charge in [0.05, 0.1) is 16.4 Å². The first kappa shape index (κ1) is 27.5. The molecule has 0 radical (unpaired) electrons. The number of nitrogens with zero attached hydrogens (tertiary/aromatic N) is 4. The molecule has 2 aromatic carbocycles. The first-order valence-electron chi connectivity index (χ1n) is 12.4. The zero-order valence-electron chi connectivity index (χ0n) is 20.9. The summed E-state index contributed by atoms with van der Waals surface area (Å²) in [4.78, 5) is 25.3. The molecule has 37 heavy (non-hydrogen) atoms. The first-order chi connectivity index (χ1) is 17.7. The van der Waals surface area contributed by atoms with Gasteiger partial charge in [0.15, 0.2) is 5.69 Å². The van der Waals surface area contributed by atoms with Crippen molar-refractivity contribution in [3.8, 4) is 16.9 Å². The second-order valence-electron chi connectivity index (χ2n) is 9.24. The third-order valence-electron chi connectivity index (χ3n) is 6.52. The minimum atomic E-state index is -0.228. The van der Waals surface area contributed by atoms with Crippen molar-refractivity contribution in [3.63, 3.8) is 0 Å². The maximum atomic E-state index is 13.1. The Labute approximate surface area is 232 Å². The lowest BCUT2D eigenvalue weighted by Gasteiger charge is -2.26. The molecule has 2 amide bonds. The molecule has 7 nitrogen and oxygen atoms in total. The Kier molecular flexibility index (Phi) is 9.13. The number of nitrogens with one attached hydrogen (secondary N) is 1. The van der Waals surface area contributed by atoms with Gasteiger partial charge in [-0.3, -0.25) is 15.0 Å². The predicted octanol–water partition coefficient (Wildman–Crippen LogP) is 6.18. The van der Waals surface area contributed by atoms with Gasteiger partial charge in [0.25, 0.3) is 5.91 Å². The van der Waals surface area contributed by atoms with Crippen molar-refractivity contribution in [2.75, 3.05) is 26.7 Å². The number of rotatable bonds is 4. The second kappa shape index (κ2) is 12.3. The quantitative estimate of drug-likeness (QED) is 0.412.